The van der Waals surface area contributed by atoms with Crippen molar-refractivity contribution >= 4 is 10.0 Å². The van der Waals surface area contributed by atoms with Crippen LogP contribution in [0.15, 0.2) is 24.3 Å². The van der Waals surface area contributed by atoms with E-state index in [2.05, 4.69) is 4.72 Å². The Hall–Kier alpha value is -1.07. The van der Waals surface area contributed by atoms with Crippen LogP contribution in [0.5, 0.6) is 5.75 Å². The number of benzene rings is 1. The van der Waals surface area contributed by atoms with Gasteiger partial charge in [0, 0.05) is 6.54 Å². The van der Waals surface area contributed by atoms with Gasteiger partial charge in [-0.05, 0) is 43.4 Å². The fourth-order valence-corrected chi connectivity index (χ4v) is 3.09. The van der Waals surface area contributed by atoms with Gasteiger partial charge in [0.1, 0.15) is 5.75 Å². The van der Waals surface area contributed by atoms with Crippen LogP contribution in [0.4, 0.5) is 0 Å². The van der Waals surface area contributed by atoms with E-state index in [4.69, 9.17) is 5.11 Å². The Kier molecular flexibility index (Phi) is 3.69. The summed E-state index contributed by atoms with van der Waals surface area (Å²) in [7, 11) is -3.04. The second-order valence-electron chi connectivity index (χ2n) is 4.41. The first-order valence-electron chi connectivity index (χ1n) is 5.84. The normalized spacial score (nSPS) is 16.0. The highest BCUT2D eigenvalue weighted by Gasteiger charge is 2.34. The molecule has 2 rings (SSSR count). The summed E-state index contributed by atoms with van der Waals surface area (Å²) < 4.78 is 25.6. The highest BCUT2D eigenvalue weighted by atomic mass is 32.2. The zero-order valence-electron chi connectivity index (χ0n) is 9.59. The number of phenols is 1. The third-order valence-electron chi connectivity index (χ3n) is 2.85. The smallest absolute Gasteiger partial charge is 0.214 e. The average Bonchev–Trinajstić information content (AvgIpc) is 3.11. The van der Waals surface area contributed by atoms with Crippen LogP contribution in [0.1, 0.15) is 24.8 Å². The molecular weight excluding hydrogens is 238 g/mol. The highest BCUT2D eigenvalue weighted by Crippen LogP contribution is 2.27. The van der Waals surface area contributed by atoms with Crippen molar-refractivity contribution < 1.29 is 13.5 Å². The first-order valence-corrected chi connectivity index (χ1v) is 7.39. The van der Waals surface area contributed by atoms with E-state index in [1.807, 2.05) is 12.1 Å². The van der Waals surface area contributed by atoms with Gasteiger partial charge in [0.15, 0.2) is 0 Å². The van der Waals surface area contributed by atoms with Gasteiger partial charge >= 0.3 is 0 Å². The van der Waals surface area contributed by atoms with E-state index in [0.717, 1.165) is 31.2 Å². The Labute approximate surface area is 102 Å². The molecule has 1 fully saturated rings. The van der Waals surface area contributed by atoms with Gasteiger partial charge in [0.25, 0.3) is 0 Å². The summed E-state index contributed by atoms with van der Waals surface area (Å²) in [6, 6.07) is 6.99. The Morgan fingerprint density at radius 3 is 2.47 bits per heavy atom. The molecule has 17 heavy (non-hydrogen) atoms. The summed E-state index contributed by atoms with van der Waals surface area (Å²) in [6.45, 7) is 0.486. The first kappa shape index (κ1) is 12.4. The monoisotopic (exact) mass is 255 g/mol. The molecule has 1 saturated carbocycles. The van der Waals surface area contributed by atoms with Crippen molar-refractivity contribution in [3.05, 3.63) is 29.8 Å². The van der Waals surface area contributed by atoms with Gasteiger partial charge < -0.3 is 5.11 Å². The number of nitrogens with one attached hydrogen (secondary N) is 1. The zero-order chi connectivity index (χ0) is 12.3. The molecule has 1 aromatic carbocycles. The van der Waals surface area contributed by atoms with Crippen LogP contribution >= 0.6 is 0 Å². The lowest BCUT2D eigenvalue weighted by atomic mass is 10.1. The molecule has 0 spiro atoms. The average molecular weight is 255 g/mol. The predicted molar refractivity (Wildman–Crippen MR) is 66.4 cm³/mol. The Balaban J connectivity index is 1.71. The molecule has 0 atom stereocenters. The minimum atomic E-state index is -3.04. The molecule has 0 radical (unpaired) electrons. The molecule has 0 aliphatic heterocycles. The highest BCUT2D eigenvalue weighted by molar-refractivity contribution is 7.90. The van der Waals surface area contributed by atoms with Crippen molar-refractivity contribution in [2.45, 2.75) is 30.9 Å². The quantitative estimate of drug-likeness (QED) is 0.755. The van der Waals surface area contributed by atoms with Gasteiger partial charge in [-0.15, -0.1) is 0 Å². The van der Waals surface area contributed by atoms with Gasteiger partial charge in [0.2, 0.25) is 10.0 Å². The summed E-state index contributed by atoms with van der Waals surface area (Å²) in [5, 5.41) is 8.97. The second-order valence-corrected chi connectivity index (χ2v) is 6.45. The molecule has 1 aliphatic rings. The van der Waals surface area contributed by atoms with Gasteiger partial charge in [0.05, 0.1) is 5.25 Å². The maximum atomic E-state index is 11.5. The standard InChI is InChI=1S/C12H17NO3S/c14-11-5-3-10(4-6-11)2-1-9-13-17(15,16)12-7-8-12/h3-6,12-14H,1-2,7-9H2. The van der Waals surface area contributed by atoms with Gasteiger partial charge in [-0.1, -0.05) is 12.1 Å². The lowest BCUT2D eigenvalue weighted by molar-refractivity contribution is 0.475. The SMILES string of the molecule is O=S(=O)(NCCCc1ccc(O)cc1)C1CC1. The van der Waals surface area contributed by atoms with Crippen LogP contribution < -0.4 is 4.72 Å². The largest absolute Gasteiger partial charge is 0.508 e. The van der Waals surface area contributed by atoms with Crippen molar-refractivity contribution in [2.24, 2.45) is 0 Å². The molecule has 0 unspecified atom stereocenters. The molecule has 2 N–H and O–H groups in total. The van der Waals surface area contributed by atoms with E-state index in [9.17, 15) is 8.42 Å². The van der Waals surface area contributed by atoms with Gasteiger partial charge in [-0.2, -0.15) is 0 Å². The third-order valence-corrected chi connectivity index (χ3v) is 4.80. The van der Waals surface area contributed by atoms with E-state index in [1.165, 1.54) is 0 Å². The van der Waals surface area contributed by atoms with E-state index >= 15 is 0 Å². The number of phenolic OH excluding ortho intramolecular Hbond substituents is 1. The maximum absolute atomic E-state index is 11.5. The fraction of sp³-hybridized carbons (Fsp3) is 0.500. The van der Waals surface area contributed by atoms with Gasteiger partial charge in [-0.3, -0.25) is 0 Å². The van der Waals surface area contributed by atoms with Crippen LogP contribution in [0.2, 0.25) is 0 Å². The van der Waals surface area contributed by atoms with Crippen LogP contribution in [-0.4, -0.2) is 25.3 Å². The fourth-order valence-electron chi connectivity index (χ4n) is 1.67. The predicted octanol–water partition coefficient (Wildman–Crippen LogP) is 1.41. The third kappa shape index (κ3) is 3.71. The van der Waals surface area contributed by atoms with E-state index in [-0.39, 0.29) is 11.0 Å². The minimum absolute atomic E-state index is 0.142. The summed E-state index contributed by atoms with van der Waals surface area (Å²) >= 11 is 0. The molecule has 0 heterocycles. The molecule has 0 aromatic heterocycles. The molecule has 4 nitrogen and oxygen atoms in total. The van der Waals surface area contributed by atoms with E-state index in [1.54, 1.807) is 12.1 Å². The maximum Gasteiger partial charge on any atom is 0.214 e. The summed E-state index contributed by atoms with van der Waals surface area (Å²) in [4.78, 5) is 0. The number of aromatic hydroxyl groups is 1. The second kappa shape index (κ2) is 5.06. The lowest BCUT2D eigenvalue weighted by Crippen LogP contribution is -2.28. The van der Waals surface area contributed by atoms with Crippen molar-refractivity contribution in [3.8, 4) is 5.75 Å². The van der Waals surface area contributed by atoms with Crippen molar-refractivity contribution in [1.29, 1.82) is 0 Å². The molecule has 1 aromatic rings. The van der Waals surface area contributed by atoms with E-state index in [0.29, 0.717) is 6.54 Å². The van der Waals surface area contributed by atoms with Gasteiger partial charge in [-0.25, -0.2) is 13.1 Å². The Morgan fingerprint density at radius 2 is 1.88 bits per heavy atom. The topological polar surface area (TPSA) is 66.4 Å². The number of aryl methyl sites for hydroxylation is 1. The summed E-state index contributed by atoms with van der Waals surface area (Å²) in [5.41, 5.74) is 1.11. The molecule has 0 amide bonds. The molecule has 5 heteroatoms. The first-order chi connectivity index (χ1) is 8.08. The van der Waals surface area contributed by atoms with E-state index < -0.39 is 10.0 Å². The summed E-state index contributed by atoms with van der Waals surface area (Å²) in [5.74, 6) is 0.253. The van der Waals surface area contributed by atoms with Crippen molar-refractivity contribution in [1.82, 2.24) is 4.72 Å². The molecule has 94 valence electrons. The molecular formula is C12H17NO3S. The number of hydrogen-bond donors (Lipinski definition) is 2. The van der Waals surface area contributed by atoms with Crippen LogP contribution in [0.3, 0.4) is 0 Å². The minimum Gasteiger partial charge on any atom is -0.508 e. The number of hydrogen-bond acceptors (Lipinski definition) is 3. The zero-order valence-corrected chi connectivity index (χ0v) is 10.4. The molecule has 0 saturated heterocycles. The number of rotatable bonds is 6. The molecule has 1 aliphatic carbocycles. The number of sulfonamides is 1. The Bertz CT molecular complexity index is 463. The van der Waals surface area contributed by atoms with Crippen LogP contribution in [-0.2, 0) is 16.4 Å². The van der Waals surface area contributed by atoms with Crippen molar-refractivity contribution in [3.63, 3.8) is 0 Å². The molecule has 0 bridgehead atoms. The Morgan fingerprint density at radius 1 is 1.24 bits per heavy atom. The van der Waals surface area contributed by atoms with Crippen LogP contribution in [0.25, 0.3) is 0 Å². The van der Waals surface area contributed by atoms with Crippen molar-refractivity contribution in [2.75, 3.05) is 6.54 Å². The summed E-state index contributed by atoms with van der Waals surface area (Å²) in [6.07, 6.45) is 3.19. The van der Waals surface area contributed by atoms with Crippen LogP contribution in [0, 0.1) is 0 Å². The lowest BCUT2D eigenvalue weighted by Gasteiger charge is -2.05.